The molecule has 0 unspecified atom stereocenters. The van der Waals surface area contributed by atoms with Crippen molar-refractivity contribution in [3.8, 4) is 11.3 Å². The van der Waals surface area contributed by atoms with E-state index in [1.807, 2.05) is 0 Å². The van der Waals surface area contributed by atoms with Crippen molar-refractivity contribution >= 4 is 43.5 Å². The average molecular weight is 364 g/mol. The summed E-state index contributed by atoms with van der Waals surface area (Å²) in [4.78, 5) is 15.3. The van der Waals surface area contributed by atoms with Crippen molar-refractivity contribution in [2.75, 3.05) is 5.75 Å². The molecule has 4 aromatic rings. The Kier molecular flexibility index (Phi) is 3.71. The number of aromatic nitrogens is 3. The Bertz CT molecular complexity index is 1090. The first-order chi connectivity index (χ1) is 12.4. The maximum Gasteiger partial charge on any atom is 0.127 e. The third-order valence-electron chi connectivity index (χ3n) is 4.77. The Morgan fingerprint density at radius 2 is 1.92 bits per heavy atom. The van der Waals surface area contributed by atoms with Gasteiger partial charge in [0, 0.05) is 10.9 Å². The average Bonchev–Trinajstić information content (AvgIpc) is 3.26. The van der Waals surface area contributed by atoms with Crippen LogP contribution < -0.4 is 0 Å². The highest BCUT2D eigenvalue weighted by molar-refractivity contribution is 7.99. The van der Waals surface area contributed by atoms with Gasteiger partial charge in [0.15, 0.2) is 0 Å². The predicted molar refractivity (Wildman–Crippen MR) is 107 cm³/mol. The van der Waals surface area contributed by atoms with E-state index in [-0.39, 0.29) is 0 Å². The molecule has 0 N–H and O–H groups in total. The highest BCUT2D eigenvalue weighted by Gasteiger charge is 2.24. The maximum atomic E-state index is 5.10. The molecular weight excluding hydrogens is 346 g/mol. The first-order valence-electron chi connectivity index (χ1n) is 8.64. The van der Waals surface area contributed by atoms with Crippen molar-refractivity contribution in [1.29, 1.82) is 0 Å². The molecule has 1 aliphatic carbocycles. The van der Waals surface area contributed by atoms with Crippen molar-refractivity contribution in [3.63, 3.8) is 0 Å². The molecule has 5 heteroatoms. The topological polar surface area (TPSA) is 38.7 Å². The van der Waals surface area contributed by atoms with E-state index in [1.165, 1.54) is 33.2 Å². The number of hydrogen-bond acceptors (Lipinski definition) is 5. The Morgan fingerprint density at radius 1 is 1.08 bits per heavy atom. The second-order valence-corrected chi connectivity index (χ2v) is 8.46. The molecule has 0 bridgehead atoms. The highest BCUT2D eigenvalue weighted by atomic mass is 32.2. The van der Waals surface area contributed by atoms with Gasteiger partial charge in [-0.2, -0.15) is 0 Å². The first-order valence-corrected chi connectivity index (χ1v) is 10.4. The number of hydrogen-bond donors (Lipinski definition) is 0. The first kappa shape index (κ1) is 15.3. The summed E-state index contributed by atoms with van der Waals surface area (Å²) in [7, 11) is 0. The van der Waals surface area contributed by atoms with Gasteiger partial charge in [0.05, 0.1) is 15.9 Å². The Morgan fingerprint density at radius 3 is 2.76 bits per heavy atom. The number of pyridine rings is 1. The molecule has 1 aliphatic rings. The Balaban J connectivity index is 1.86. The van der Waals surface area contributed by atoms with Crippen LogP contribution in [0.5, 0.6) is 0 Å². The van der Waals surface area contributed by atoms with E-state index < -0.39 is 0 Å². The lowest BCUT2D eigenvalue weighted by atomic mass is 10.0. The van der Waals surface area contributed by atoms with Crippen molar-refractivity contribution in [1.82, 2.24) is 15.0 Å². The lowest BCUT2D eigenvalue weighted by Gasteiger charge is -2.09. The zero-order valence-corrected chi connectivity index (χ0v) is 15.6. The molecule has 0 spiro atoms. The van der Waals surface area contributed by atoms with Gasteiger partial charge in [-0.1, -0.05) is 37.3 Å². The van der Waals surface area contributed by atoms with E-state index >= 15 is 0 Å². The molecule has 0 aliphatic heterocycles. The van der Waals surface area contributed by atoms with Gasteiger partial charge in [-0.25, -0.2) is 15.0 Å². The molecule has 3 heterocycles. The molecular formula is C20H17N3S2. The zero-order valence-electron chi connectivity index (χ0n) is 14.0. The fraction of sp³-hybridized carbons (Fsp3) is 0.250. The fourth-order valence-corrected chi connectivity index (χ4v) is 5.72. The summed E-state index contributed by atoms with van der Waals surface area (Å²) in [6, 6.07) is 10.6. The molecule has 0 amide bonds. The minimum Gasteiger partial charge on any atom is -0.236 e. The molecule has 0 atom stereocenters. The minimum absolute atomic E-state index is 1.02. The number of thioether (sulfide) groups is 1. The monoisotopic (exact) mass is 363 g/mol. The van der Waals surface area contributed by atoms with Crippen LogP contribution in [0, 0.1) is 0 Å². The standard InChI is InChI=1S/C20H17N3S2/c1-2-24-20-18-17(21-11-22-20)15-13-9-6-10-14(13)16(23-19(15)25-18)12-7-4-3-5-8-12/h3-5,7-8,11H,2,6,9-10H2,1H3. The Hall–Kier alpha value is -1.98. The maximum absolute atomic E-state index is 5.10. The van der Waals surface area contributed by atoms with E-state index in [0.717, 1.165) is 39.7 Å². The van der Waals surface area contributed by atoms with Crippen LogP contribution >= 0.6 is 23.1 Å². The van der Waals surface area contributed by atoms with Crippen LogP contribution in [0.4, 0.5) is 0 Å². The van der Waals surface area contributed by atoms with Crippen LogP contribution in [0.1, 0.15) is 24.5 Å². The fourth-order valence-electron chi connectivity index (χ4n) is 3.75. The SMILES string of the molecule is CCSc1ncnc2c1sc1nc(-c3ccccc3)c3c(c12)CCC3. The number of rotatable bonds is 3. The summed E-state index contributed by atoms with van der Waals surface area (Å²) in [5.41, 5.74) is 6.35. The molecule has 3 aromatic heterocycles. The number of nitrogens with zero attached hydrogens (tertiary/aromatic N) is 3. The van der Waals surface area contributed by atoms with Gasteiger partial charge in [0.25, 0.3) is 0 Å². The second-order valence-electron chi connectivity index (χ2n) is 6.21. The molecule has 5 rings (SSSR count). The van der Waals surface area contributed by atoms with Crippen LogP contribution in [0.2, 0.25) is 0 Å². The van der Waals surface area contributed by atoms with Crippen LogP contribution in [0.25, 0.3) is 31.7 Å². The third-order valence-corrected chi connectivity index (χ3v) is 6.85. The second kappa shape index (κ2) is 6.07. The van der Waals surface area contributed by atoms with Gasteiger partial charge in [0.1, 0.15) is 16.2 Å². The molecule has 0 radical (unpaired) electrons. The van der Waals surface area contributed by atoms with Gasteiger partial charge >= 0.3 is 0 Å². The molecule has 1 aromatic carbocycles. The lowest BCUT2D eigenvalue weighted by Crippen LogP contribution is -1.94. The van der Waals surface area contributed by atoms with Crippen LogP contribution in [-0.4, -0.2) is 20.7 Å². The third kappa shape index (κ3) is 2.37. The van der Waals surface area contributed by atoms with E-state index in [9.17, 15) is 0 Å². The van der Waals surface area contributed by atoms with Gasteiger partial charge < -0.3 is 0 Å². The van der Waals surface area contributed by atoms with Crippen molar-refractivity contribution in [2.45, 2.75) is 31.2 Å². The van der Waals surface area contributed by atoms with Gasteiger partial charge in [0.2, 0.25) is 0 Å². The quantitative estimate of drug-likeness (QED) is 0.355. The van der Waals surface area contributed by atoms with Gasteiger partial charge in [-0.05, 0) is 36.1 Å². The summed E-state index contributed by atoms with van der Waals surface area (Å²) in [6.45, 7) is 2.16. The van der Waals surface area contributed by atoms with E-state index in [1.54, 1.807) is 29.4 Å². The van der Waals surface area contributed by atoms with Crippen LogP contribution in [0.3, 0.4) is 0 Å². The summed E-state index contributed by atoms with van der Waals surface area (Å²) in [6.07, 6.45) is 5.15. The molecule has 25 heavy (non-hydrogen) atoms. The largest absolute Gasteiger partial charge is 0.236 e. The van der Waals surface area contributed by atoms with E-state index in [2.05, 4.69) is 47.2 Å². The minimum atomic E-state index is 1.02. The summed E-state index contributed by atoms with van der Waals surface area (Å²) < 4.78 is 1.19. The smallest absolute Gasteiger partial charge is 0.127 e. The molecule has 0 saturated heterocycles. The summed E-state index contributed by atoms with van der Waals surface area (Å²) in [5.74, 6) is 1.02. The normalized spacial score (nSPS) is 13.6. The molecule has 0 saturated carbocycles. The van der Waals surface area contributed by atoms with Crippen molar-refractivity contribution < 1.29 is 0 Å². The van der Waals surface area contributed by atoms with E-state index in [4.69, 9.17) is 4.98 Å². The van der Waals surface area contributed by atoms with Crippen molar-refractivity contribution in [3.05, 3.63) is 47.8 Å². The lowest BCUT2D eigenvalue weighted by molar-refractivity contribution is 0.913. The number of fused-ring (bicyclic) bond motifs is 5. The predicted octanol–water partition coefficient (Wildman–Crippen LogP) is 5.51. The summed E-state index contributed by atoms with van der Waals surface area (Å²) >= 11 is 3.53. The van der Waals surface area contributed by atoms with Crippen LogP contribution in [-0.2, 0) is 12.8 Å². The van der Waals surface area contributed by atoms with E-state index in [0.29, 0.717) is 0 Å². The van der Waals surface area contributed by atoms with Crippen molar-refractivity contribution in [2.24, 2.45) is 0 Å². The Labute approximate surface area is 154 Å². The number of thiophene rings is 1. The number of benzene rings is 1. The zero-order chi connectivity index (χ0) is 16.8. The summed E-state index contributed by atoms with van der Waals surface area (Å²) in [5, 5.41) is 2.36. The molecule has 3 nitrogen and oxygen atoms in total. The van der Waals surface area contributed by atoms with Crippen LogP contribution in [0.15, 0.2) is 41.7 Å². The molecule has 0 fully saturated rings. The van der Waals surface area contributed by atoms with Gasteiger partial charge in [-0.15, -0.1) is 23.1 Å². The van der Waals surface area contributed by atoms with Gasteiger partial charge in [-0.3, -0.25) is 0 Å². The highest BCUT2D eigenvalue weighted by Crippen LogP contribution is 2.43. The molecule has 124 valence electrons. The number of aryl methyl sites for hydroxylation is 1.